The van der Waals surface area contributed by atoms with E-state index in [0.29, 0.717) is 11.1 Å². The van der Waals surface area contributed by atoms with Crippen LogP contribution >= 0.6 is 11.8 Å². The topological polar surface area (TPSA) is 80.9 Å². The molecule has 0 fully saturated rings. The molecule has 0 unspecified atom stereocenters. The number of rotatable bonds is 5. The van der Waals surface area contributed by atoms with E-state index in [1.807, 2.05) is 30.3 Å². The van der Waals surface area contributed by atoms with Crippen LogP contribution in [0.3, 0.4) is 0 Å². The molecule has 1 amide bonds. The molecule has 0 radical (unpaired) electrons. The monoisotopic (exact) mass is 326 g/mol. The third-order valence-electron chi connectivity index (χ3n) is 3.02. The first-order chi connectivity index (χ1) is 11.2. The largest absolute Gasteiger partial charge is 0.411 e. The predicted octanol–water partition coefficient (Wildman–Crippen LogP) is 3.25. The fourth-order valence-electron chi connectivity index (χ4n) is 1.84. The van der Waals surface area contributed by atoms with Gasteiger partial charge in [0, 0.05) is 23.6 Å². The summed E-state index contributed by atoms with van der Waals surface area (Å²) in [6, 6.07) is 12.9. The number of anilines is 1. The molecule has 116 valence electrons. The summed E-state index contributed by atoms with van der Waals surface area (Å²) in [5.41, 5.74) is 1.55. The first-order valence-corrected chi connectivity index (χ1v) is 7.87. The van der Waals surface area contributed by atoms with Crippen molar-refractivity contribution >= 4 is 23.4 Å². The van der Waals surface area contributed by atoms with Crippen LogP contribution < -0.4 is 5.32 Å². The molecule has 1 N–H and O–H groups in total. The molecule has 7 heteroatoms. The van der Waals surface area contributed by atoms with Crippen LogP contribution in [0.15, 0.2) is 64.5 Å². The van der Waals surface area contributed by atoms with Gasteiger partial charge in [0.25, 0.3) is 5.22 Å². The lowest BCUT2D eigenvalue weighted by atomic mass is 10.3. The fraction of sp³-hybridized carbons (Fsp3) is 0.125. The Hall–Kier alpha value is -2.67. The second-order valence-corrected chi connectivity index (χ2v) is 6.02. The SMILES string of the molecule is C[C@@H](Sc1nnc(-c2ccncc2)o1)C(=O)Nc1ccccc1. The summed E-state index contributed by atoms with van der Waals surface area (Å²) in [5.74, 6) is 0.287. The third kappa shape index (κ3) is 3.95. The van der Waals surface area contributed by atoms with Gasteiger partial charge in [-0.25, -0.2) is 0 Å². The van der Waals surface area contributed by atoms with Gasteiger partial charge in [-0.05, 0) is 31.2 Å². The Kier molecular flexibility index (Phi) is 4.68. The van der Waals surface area contributed by atoms with Gasteiger partial charge >= 0.3 is 0 Å². The number of thioether (sulfide) groups is 1. The van der Waals surface area contributed by atoms with Crippen LogP contribution in [0, 0.1) is 0 Å². The molecule has 0 saturated carbocycles. The Labute approximate surface area is 137 Å². The molecule has 0 aliphatic carbocycles. The van der Waals surface area contributed by atoms with Gasteiger partial charge in [0.1, 0.15) is 0 Å². The van der Waals surface area contributed by atoms with Crippen molar-refractivity contribution in [2.45, 2.75) is 17.4 Å². The highest BCUT2D eigenvalue weighted by atomic mass is 32.2. The Morgan fingerprint density at radius 1 is 1.13 bits per heavy atom. The quantitative estimate of drug-likeness (QED) is 0.725. The summed E-state index contributed by atoms with van der Waals surface area (Å²) in [5, 5.41) is 10.8. The zero-order valence-electron chi connectivity index (χ0n) is 12.3. The van der Waals surface area contributed by atoms with E-state index < -0.39 is 0 Å². The summed E-state index contributed by atoms with van der Waals surface area (Å²) >= 11 is 1.22. The van der Waals surface area contributed by atoms with Gasteiger partial charge in [0.05, 0.1) is 5.25 Å². The second kappa shape index (κ2) is 7.06. The maximum atomic E-state index is 12.2. The number of carbonyl (C=O) groups excluding carboxylic acids is 1. The minimum atomic E-state index is -0.360. The van der Waals surface area contributed by atoms with Crippen molar-refractivity contribution in [1.29, 1.82) is 0 Å². The van der Waals surface area contributed by atoms with Crippen molar-refractivity contribution in [1.82, 2.24) is 15.2 Å². The third-order valence-corrected chi connectivity index (χ3v) is 3.96. The maximum absolute atomic E-state index is 12.2. The average molecular weight is 326 g/mol. The highest BCUT2D eigenvalue weighted by Crippen LogP contribution is 2.26. The van der Waals surface area contributed by atoms with E-state index in [0.717, 1.165) is 11.3 Å². The van der Waals surface area contributed by atoms with Crippen LogP contribution in [0.1, 0.15) is 6.92 Å². The number of aromatic nitrogens is 3. The van der Waals surface area contributed by atoms with Gasteiger partial charge in [-0.1, -0.05) is 30.0 Å². The van der Waals surface area contributed by atoms with E-state index in [-0.39, 0.29) is 11.2 Å². The summed E-state index contributed by atoms with van der Waals surface area (Å²) in [6.45, 7) is 1.79. The standard InChI is InChI=1S/C16H14N4O2S/c1-11(14(21)18-13-5-3-2-4-6-13)23-16-20-19-15(22-16)12-7-9-17-10-8-12/h2-11H,1H3,(H,18,21)/t11-/m1/s1. The normalized spacial score (nSPS) is 11.9. The van der Waals surface area contributed by atoms with Gasteiger partial charge in [-0.15, -0.1) is 10.2 Å². The maximum Gasteiger partial charge on any atom is 0.277 e. The number of pyridine rings is 1. The first-order valence-electron chi connectivity index (χ1n) is 6.99. The van der Waals surface area contributed by atoms with Crippen molar-refractivity contribution in [2.24, 2.45) is 0 Å². The molecule has 0 bridgehead atoms. The highest BCUT2D eigenvalue weighted by Gasteiger charge is 2.18. The van der Waals surface area contributed by atoms with E-state index in [1.165, 1.54) is 11.8 Å². The zero-order chi connectivity index (χ0) is 16.1. The molecule has 1 aromatic carbocycles. The van der Waals surface area contributed by atoms with Crippen LogP contribution in [-0.2, 0) is 4.79 Å². The van der Waals surface area contributed by atoms with Crippen LogP contribution in [-0.4, -0.2) is 26.3 Å². The molecule has 3 rings (SSSR count). The van der Waals surface area contributed by atoms with Crippen molar-refractivity contribution in [3.63, 3.8) is 0 Å². The molecule has 0 spiro atoms. The van der Waals surface area contributed by atoms with Gasteiger partial charge in [0.15, 0.2) is 0 Å². The average Bonchev–Trinajstić information content (AvgIpc) is 3.05. The number of benzene rings is 1. The minimum Gasteiger partial charge on any atom is -0.411 e. The summed E-state index contributed by atoms with van der Waals surface area (Å²) < 4.78 is 5.57. The van der Waals surface area contributed by atoms with Gasteiger partial charge in [0.2, 0.25) is 11.8 Å². The first kappa shape index (κ1) is 15.2. The fourth-order valence-corrected chi connectivity index (χ4v) is 2.52. The molecule has 6 nitrogen and oxygen atoms in total. The summed E-state index contributed by atoms with van der Waals surface area (Å²) in [7, 11) is 0. The molecule has 1 atom stereocenters. The van der Waals surface area contributed by atoms with Crippen LogP contribution in [0.5, 0.6) is 0 Å². The molecule has 0 saturated heterocycles. The Bertz CT molecular complexity index is 777. The molecule has 3 aromatic rings. The lowest BCUT2D eigenvalue weighted by Crippen LogP contribution is -2.22. The second-order valence-electron chi connectivity index (χ2n) is 4.72. The van der Waals surface area contributed by atoms with Crippen molar-refractivity contribution in [3.05, 3.63) is 54.9 Å². The van der Waals surface area contributed by atoms with Crippen molar-refractivity contribution in [2.75, 3.05) is 5.32 Å². The predicted molar refractivity (Wildman–Crippen MR) is 87.9 cm³/mol. The van der Waals surface area contributed by atoms with E-state index >= 15 is 0 Å². The number of nitrogens with one attached hydrogen (secondary N) is 1. The van der Waals surface area contributed by atoms with E-state index in [2.05, 4.69) is 20.5 Å². The van der Waals surface area contributed by atoms with Gasteiger partial charge in [-0.2, -0.15) is 0 Å². The van der Waals surface area contributed by atoms with Gasteiger partial charge in [-0.3, -0.25) is 9.78 Å². The lowest BCUT2D eigenvalue weighted by molar-refractivity contribution is -0.115. The minimum absolute atomic E-state index is 0.120. The van der Waals surface area contributed by atoms with E-state index in [9.17, 15) is 4.79 Å². The Balaban J connectivity index is 1.63. The number of para-hydroxylation sites is 1. The lowest BCUT2D eigenvalue weighted by Gasteiger charge is -2.09. The number of nitrogens with zero attached hydrogens (tertiary/aromatic N) is 3. The van der Waals surface area contributed by atoms with Crippen molar-refractivity contribution < 1.29 is 9.21 Å². The smallest absolute Gasteiger partial charge is 0.277 e. The molecular formula is C16H14N4O2S. The molecule has 0 aliphatic rings. The summed E-state index contributed by atoms with van der Waals surface area (Å²) in [6.07, 6.45) is 3.31. The zero-order valence-corrected chi connectivity index (χ0v) is 13.2. The molecule has 0 aliphatic heterocycles. The molecule has 2 aromatic heterocycles. The molecular weight excluding hydrogens is 312 g/mol. The van der Waals surface area contributed by atoms with Crippen LogP contribution in [0.4, 0.5) is 5.69 Å². The molecule has 23 heavy (non-hydrogen) atoms. The van der Waals surface area contributed by atoms with Crippen molar-refractivity contribution in [3.8, 4) is 11.5 Å². The summed E-state index contributed by atoms with van der Waals surface area (Å²) in [4.78, 5) is 16.1. The Morgan fingerprint density at radius 3 is 2.61 bits per heavy atom. The van der Waals surface area contributed by atoms with E-state index in [1.54, 1.807) is 31.5 Å². The van der Waals surface area contributed by atoms with Crippen LogP contribution in [0.2, 0.25) is 0 Å². The van der Waals surface area contributed by atoms with E-state index in [4.69, 9.17) is 4.42 Å². The Morgan fingerprint density at radius 2 is 1.87 bits per heavy atom. The van der Waals surface area contributed by atoms with Gasteiger partial charge < -0.3 is 9.73 Å². The number of hydrogen-bond acceptors (Lipinski definition) is 6. The number of hydrogen-bond donors (Lipinski definition) is 1. The number of amides is 1. The highest BCUT2D eigenvalue weighted by molar-refractivity contribution is 8.00. The molecule has 2 heterocycles. The van der Waals surface area contributed by atoms with Crippen LogP contribution in [0.25, 0.3) is 11.5 Å². The number of carbonyl (C=O) groups is 1.